The number of ether oxygens (including phenoxy) is 1. The summed E-state index contributed by atoms with van der Waals surface area (Å²) in [6, 6.07) is 10.2. The van der Waals surface area contributed by atoms with E-state index >= 15 is 0 Å². The zero-order valence-electron chi connectivity index (χ0n) is 19.7. The van der Waals surface area contributed by atoms with E-state index in [1.54, 1.807) is 19.5 Å². The van der Waals surface area contributed by atoms with Gasteiger partial charge in [-0.2, -0.15) is 5.10 Å². The van der Waals surface area contributed by atoms with Crippen molar-refractivity contribution in [2.45, 2.75) is 31.8 Å². The molecule has 1 amide bonds. The normalized spacial score (nSPS) is 17.4. The number of likely N-dealkylation sites (tertiary alicyclic amines) is 1. The van der Waals surface area contributed by atoms with Crippen molar-refractivity contribution in [2.75, 3.05) is 45.2 Å². The van der Waals surface area contributed by atoms with E-state index in [1.807, 2.05) is 39.9 Å². The standard InChI is InChI=1S/C26H32N6O2/c1-34-18-23(20-8-3-2-4-9-20)29-26-25-22-11-15-31(16-21(22)17-32(25)28-19-27-26)24(33)10-7-14-30-12-5-6-13-30/h2-4,7-10,17,19,23H,5-6,11-16,18H2,1H3,(H,27,28,29)/b10-7+/t23-/m1/s1. The highest BCUT2D eigenvalue weighted by molar-refractivity contribution is 5.88. The summed E-state index contributed by atoms with van der Waals surface area (Å²) in [5.74, 6) is 0.862. The molecule has 0 spiro atoms. The molecule has 4 heterocycles. The van der Waals surface area contributed by atoms with E-state index in [2.05, 4.69) is 32.4 Å². The molecule has 8 nitrogen and oxygen atoms in total. The van der Waals surface area contributed by atoms with Crippen LogP contribution in [0, 0.1) is 0 Å². The highest BCUT2D eigenvalue weighted by Gasteiger charge is 2.25. The first-order chi connectivity index (χ1) is 16.7. The van der Waals surface area contributed by atoms with Gasteiger partial charge >= 0.3 is 0 Å². The van der Waals surface area contributed by atoms with Gasteiger partial charge in [0.1, 0.15) is 11.8 Å². The molecule has 1 N–H and O–H groups in total. The quantitative estimate of drug-likeness (QED) is 0.521. The summed E-state index contributed by atoms with van der Waals surface area (Å²) >= 11 is 0. The SMILES string of the molecule is COC[C@@H](Nc1ncnn2cc3c(c12)CCN(C(=O)/C=C/CN1CCCC1)C3)c1ccccc1. The number of nitrogens with one attached hydrogen (secondary N) is 1. The lowest BCUT2D eigenvalue weighted by molar-refractivity contribution is -0.126. The van der Waals surface area contributed by atoms with Crippen molar-refractivity contribution in [3.63, 3.8) is 0 Å². The van der Waals surface area contributed by atoms with Crippen molar-refractivity contribution >= 4 is 17.2 Å². The van der Waals surface area contributed by atoms with Crippen LogP contribution in [-0.2, 0) is 22.5 Å². The number of hydrogen-bond donors (Lipinski definition) is 1. The van der Waals surface area contributed by atoms with Gasteiger partial charge in [0.05, 0.1) is 12.6 Å². The first kappa shape index (κ1) is 22.6. The smallest absolute Gasteiger partial charge is 0.246 e. The maximum absolute atomic E-state index is 12.8. The third kappa shape index (κ3) is 4.83. The summed E-state index contributed by atoms with van der Waals surface area (Å²) in [5, 5.41) is 8.02. The van der Waals surface area contributed by atoms with Crippen molar-refractivity contribution in [1.82, 2.24) is 24.4 Å². The maximum Gasteiger partial charge on any atom is 0.246 e. The Balaban J connectivity index is 1.33. The van der Waals surface area contributed by atoms with E-state index in [0.29, 0.717) is 19.7 Å². The molecule has 3 aromatic rings. The fraction of sp³-hybridized carbons (Fsp3) is 0.423. The Morgan fingerprint density at radius 2 is 2.03 bits per heavy atom. The van der Waals surface area contributed by atoms with Crippen molar-refractivity contribution in [2.24, 2.45) is 0 Å². The summed E-state index contributed by atoms with van der Waals surface area (Å²) < 4.78 is 7.36. The van der Waals surface area contributed by atoms with E-state index in [0.717, 1.165) is 48.5 Å². The number of aromatic nitrogens is 3. The average molecular weight is 461 g/mol. The van der Waals surface area contributed by atoms with Crippen LogP contribution in [0.5, 0.6) is 0 Å². The fourth-order valence-electron chi connectivity index (χ4n) is 4.98. The molecule has 5 rings (SSSR count). The van der Waals surface area contributed by atoms with Crippen LogP contribution in [0.25, 0.3) is 5.52 Å². The molecule has 0 radical (unpaired) electrons. The fourth-order valence-corrected chi connectivity index (χ4v) is 4.98. The highest BCUT2D eigenvalue weighted by atomic mass is 16.5. The number of benzene rings is 1. The summed E-state index contributed by atoms with van der Waals surface area (Å²) in [5.41, 5.74) is 4.45. The predicted octanol–water partition coefficient (Wildman–Crippen LogP) is 3.07. The molecule has 0 aliphatic carbocycles. The molecule has 0 bridgehead atoms. The van der Waals surface area contributed by atoms with Gasteiger partial charge in [0.25, 0.3) is 0 Å². The minimum absolute atomic E-state index is 0.0298. The average Bonchev–Trinajstić information content (AvgIpc) is 3.52. The molecule has 1 atom stereocenters. The van der Waals surface area contributed by atoms with Gasteiger partial charge in [-0.25, -0.2) is 9.50 Å². The second kappa shape index (κ2) is 10.4. The van der Waals surface area contributed by atoms with Gasteiger partial charge in [0.2, 0.25) is 5.91 Å². The molecule has 1 aromatic carbocycles. The first-order valence-corrected chi connectivity index (χ1v) is 12.0. The zero-order valence-corrected chi connectivity index (χ0v) is 19.7. The Morgan fingerprint density at radius 3 is 2.82 bits per heavy atom. The van der Waals surface area contributed by atoms with E-state index in [1.165, 1.54) is 18.4 Å². The van der Waals surface area contributed by atoms with Crippen LogP contribution in [0.2, 0.25) is 0 Å². The van der Waals surface area contributed by atoms with Crippen molar-refractivity contribution in [1.29, 1.82) is 0 Å². The lowest BCUT2D eigenvalue weighted by Gasteiger charge is -2.26. The summed E-state index contributed by atoms with van der Waals surface area (Å²) in [6.07, 6.45) is 10.6. The van der Waals surface area contributed by atoms with Gasteiger partial charge in [0.15, 0.2) is 5.82 Å². The van der Waals surface area contributed by atoms with Crippen LogP contribution in [0.4, 0.5) is 5.82 Å². The van der Waals surface area contributed by atoms with Crippen LogP contribution in [0.3, 0.4) is 0 Å². The molecule has 2 aliphatic heterocycles. The lowest BCUT2D eigenvalue weighted by Crippen LogP contribution is -2.34. The van der Waals surface area contributed by atoms with E-state index < -0.39 is 0 Å². The van der Waals surface area contributed by atoms with Crippen molar-refractivity contribution < 1.29 is 9.53 Å². The van der Waals surface area contributed by atoms with Crippen molar-refractivity contribution in [3.05, 3.63) is 71.7 Å². The van der Waals surface area contributed by atoms with Crippen molar-refractivity contribution in [3.8, 4) is 0 Å². The molecule has 2 aliphatic rings. The molecule has 178 valence electrons. The van der Waals surface area contributed by atoms with Gasteiger partial charge in [0, 0.05) is 39.0 Å². The Hall–Kier alpha value is -3.23. The molecular weight excluding hydrogens is 428 g/mol. The molecule has 1 fully saturated rings. The number of anilines is 1. The largest absolute Gasteiger partial charge is 0.382 e. The zero-order chi connectivity index (χ0) is 23.3. The number of carbonyl (C=O) groups excluding carboxylic acids is 1. The number of carbonyl (C=O) groups is 1. The predicted molar refractivity (Wildman–Crippen MR) is 132 cm³/mol. The highest BCUT2D eigenvalue weighted by Crippen LogP contribution is 2.30. The molecule has 0 unspecified atom stereocenters. The van der Waals surface area contributed by atoms with Crippen LogP contribution in [-0.4, -0.2) is 70.2 Å². The second-order valence-corrected chi connectivity index (χ2v) is 9.02. The molecule has 34 heavy (non-hydrogen) atoms. The number of amides is 1. The number of hydrogen-bond acceptors (Lipinski definition) is 6. The molecule has 8 heteroatoms. The third-order valence-electron chi connectivity index (χ3n) is 6.74. The Morgan fingerprint density at radius 1 is 1.21 bits per heavy atom. The summed E-state index contributed by atoms with van der Waals surface area (Å²) in [4.78, 5) is 21.7. The second-order valence-electron chi connectivity index (χ2n) is 9.02. The first-order valence-electron chi connectivity index (χ1n) is 12.0. The number of rotatable bonds is 8. The minimum Gasteiger partial charge on any atom is -0.382 e. The molecule has 2 aromatic heterocycles. The number of nitrogens with zero attached hydrogens (tertiary/aromatic N) is 5. The van der Waals surface area contributed by atoms with Crippen LogP contribution < -0.4 is 5.32 Å². The summed E-state index contributed by atoms with van der Waals surface area (Å²) in [6.45, 7) is 4.93. The minimum atomic E-state index is -0.0298. The number of methoxy groups -OCH3 is 1. The Kier molecular flexibility index (Phi) is 6.87. The van der Waals surface area contributed by atoms with Gasteiger partial charge in [-0.3, -0.25) is 9.69 Å². The lowest BCUT2D eigenvalue weighted by atomic mass is 10.0. The molecular formula is C26H32N6O2. The maximum atomic E-state index is 12.8. The third-order valence-corrected chi connectivity index (χ3v) is 6.74. The van der Waals surface area contributed by atoms with Crippen LogP contribution in [0.15, 0.2) is 55.0 Å². The molecule has 0 saturated carbocycles. The van der Waals surface area contributed by atoms with Gasteiger partial charge in [-0.1, -0.05) is 36.4 Å². The Labute approximate surface area is 200 Å². The van der Waals surface area contributed by atoms with Gasteiger partial charge in [-0.15, -0.1) is 0 Å². The van der Waals surface area contributed by atoms with E-state index in [9.17, 15) is 4.79 Å². The summed E-state index contributed by atoms with van der Waals surface area (Å²) in [7, 11) is 1.71. The van der Waals surface area contributed by atoms with Gasteiger partial charge in [-0.05, 0) is 49.0 Å². The topological polar surface area (TPSA) is 75.0 Å². The van der Waals surface area contributed by atoms with E-state index in [-0.39, 0.29) is 11.9 Å². The van der Waals surface area contributed by atoms with Crippen LogP contribution in [0.1, 0.15) is 35.6 Å². The monoisotopic (exact) mass is 460 g/mol. The number of fused-ring (bicyclic) bond motifs is 3. The van der Waals surface area contributed by atoms with Gasteiger partial charge < -0.3 is 15.0 Å². The Bertz CT molecular complexity index is 1150. The van der Waals surface area contributed by atoms with E-state index in [4.69, 9.17) is 4.74 Å². The molecule has 1 saturated heterocycles. The van der Waals surface area contributed by atoms with Crippen LogP contribution >= 0.6 is 0 Å².